The zero-order valence-electron chi connectivity index (χ0n) is 12.4. The van der Waals surface area contributed by atoms with Crippen molar-refractivity contribution in [2.75, 3.05) is 11.4 Å². The molecule has 0 aliphatic rings. The van der Waals surface area contributed by atoms with Gasteiger partial charge in [-0.25, -0.2) is 0 Å². The van der Waals surface area contributed by atoms with Gasteiger partial charge in [-0.15, -0.1) is 11.6 Å². The highest BCUT2D eigenvalue weighted by Crippen LogP contribution is 2.25. The largest absolute Gasteiger partial charge is 0.366 e. The number of anilines is 1. The van der Waals surface area contributed by atoms with Crippen LogP contribution in [0.1, 0.15) is 29.4 Å². The first kappa shape index (κ1) is 14.9. The molecule has 3 heteroatoms. The van der Waals surface area contributed by atoms with Crippen LogP contribution in [0.15, 0.2) is 36.4 Å². The van der Waals surface area contributed by atoms with Crippen LogP contribution in [0.25, 0.3) is 0 Å². The van der Waals surface area contributed by atoms with E-state index in [0.29, 0.717) is 5.88 Å². The number of aryl methyl sites for hydroxylation is 2. The Balaban J connectivity index is 2.28. The van der Waals surface area contributed by atoms with E-state index in [2.05, 4.69) is 54.1 Å². The van der Waals surface area contributed by atoms with Crippen molar-refractivity contribution in [2.24, 2.45) is 0 Å². The third kappa shape index (κ3) is 3.51. The zero-order valence-corrected chi connectivity index (χ0v) is 13.1. The molecule has 2 nitrogen and oxygen atoms in total. The van der Waals surface area contributed by atoms with Gasteiger partial charge in [0, 0.05) is 23.8 Å². The van der Waals surface area contributed by atoms with E-state index in [0.717, 1.165) is 24.5 Å². The summed E-state index contributed by atoms with van der Waals surface area (Å²) >= 11 is 6.09. The zero-order chi connectivity index (χ0) is 14.5. The lowest BCUT2D eigenvalue weighted by atomic mass is 10.1. The van der Waals surface area contributed by atoms with Gasteiger partial charge in [-0.3, -0.25) is 4.98 Å². The van der Waals surface area contributed by atoms with Crippen molar-refractivity contribution in [1.82, 2.24) is 4.98 Å². The van der Waals surface area contributed by atoms with Crippen LogP contribution in [0, 0.1) is 13.8 Å². The van der Waals surface area contributed by atoms with Gasteiger partial charge >= 0.3 is 0 Å². The molecule has 20 heavy (non-hydrogen) atoms. The van der Waals surface area contributed by atoms with Gasteiger partial charge in [-0.2, -0.15) is 0 Å². The number of hydrogen-bond donors (Lipinski definition) is 0. The molecule has 0 atom stereocenters. The topological polar surface area (TPSA) is 16.1 Å². The van der Waals surface area contributed by atoms with Gasteiger partial charge in [-0.1, -0.05) is 23.8 Å². The lowest BCUT2D eigenvalue weighted by molar-refractivity contribution is 0.801. The molecule has 0 bridgehead atoms. The van der Waals surface area contributed by atoms with Crippen LogP contribution in [-0.2, 0) is 12.4 Å². The summed E-state index contributed by atoms with van der Waals surface area (Å²) in [6, 6.07) is 12.6. The molecule has 0 saturated heterocycles. The molecule has 0 spiro atoms. The third-order valence-corrected chi connectivity index (χ3v) is 3.69. The molecule has 1 aromatic heterocycles. The third-order valence-electron chi connectivity index (χ3n) is 3.40. The van der Waals surface area contributed by atoms with Crippen LogP contribution in [0.5, 0.6) is 0 Å². The highest BCUT2D eigenvalue weighted by Gasteiger charge is 2.11. The molecule has 1 heterocycles. The van der Waals surface area contributed by atoms with Gasteiger partial charge in [0.1, 0.15) is 0 Å². The minimum Gasteiger partial charge on any atom is -0.366 e. The molecule has 2 rings (SSSR count). The number of alkyl halides is 1. The summed E-state index contributed by atoms with van der Waals surface area (Å²) in [5.74, 6) is 0.536. The fourth-order valence-corrected chi connectivity index (χ4v) is 2.59. The molecule has 0 unspecified atom stereocenters. The van der Waals surface area contributed by atoms with Gasteiger partial charge < -0.3 is 4.90 Å². The predicted octanol–water partition coefficient (Wildman–Crippen LogP) is 4.46. The van der Waals surface area contributed by atoms with E-state index in [9.17, 15) is 0 Å². The molecule has 0 fully saturated rings. The van der Waals surface area contributed by atoms with Crippen molar-refractivity contribution in [1.29, 1.82) is 0 Å². The average Bonchev–Trinajstić information content (AvgIpc) is 2.45. The first-order valence-corrected chi connectivity index (χ1v) is 7.50. The summed E-state index contributed by atoms with van der Waals surface area (Å²) < 4.78 is 0. The van der Waals surface area contributed by atoms with E-state index in [1.165, 1.54) is 16.8 Å². The first-order valence-electron chi connectivity index (χ1n) is 6.97. The van der Waals surface area contributed by atoms with E-state index in [4.69, 9.17) is 11.6 Å². The Morgan fingerprint density at radius 3 is 2.60 bits per heavy atom. The van der Waals surface area contributed by atoms with Crippen molar-refractivity contribution in [3.05, 3.63) is 58.9 Å². The highest BCUT2D eigenvalue weighted by molar-refractivity contribution is 6.17. The quantitative estimate of drug-likeness (QED) is 0.755. The molecular weight excluding hydrogens is 268 g/mol. The smallest absolute Gasteiger partial charge is 0.0602 e. The van der Waals surface area contributed by atoms with Crippen LogP contribution < -0.4 is 4.90 Å². The van der Waals surface area contributed by atoms with Crippen molar-refractivity contribution in [2.45, 2.75) is 33.2 Å². The van der Waals surface area contributed by atoms with Crippen LogP contribution in [0.4, 0.5) is 5.69 Å². The Kier molecular flexibility index (Phi) is 5.02. The summed E-state index contributed by atoms with van der Waals surface area (Å²) in [4.78, 5) is 6.90. The van der Waals surface area contributed by atoms with Crippen molar-refractivity contribution < 1.29 is 0 Å². The summed E-state index contributed by atoms with van der Waals surface area (Å²) in [5.41, 5.74) is 5.78. The van der Waals surface area contributed by atoms with Crippen molar-refractivity contribution >= 4 is 17.3 Å². The molecule has 0 aliphatic heterocycles. The van der Waals surface area contributed by atoms with Gasteiger partial charge in [-0.05, 0) is 44.5 Å². The summed E-state index contributed by atoms with van der Waals surface area (Å²) in [5, 5.41) is 0. The summed E-state index contributed by atoms with van der Waals surface area (Å²) in [6.07, 6.45) is 0. The molecule has 106 valence electrons. The number of benzene rings is 1. The van der Waals surface area contributed by atoms with E-state index in [1.54, 1.807) is 0 Å². The van der Waals surface area contributed by atoms with Crippen LogP contribution in [0.3, 0.4) is 0 Å². The van der Waals surface area contributed by atoms with Gasteiger partial charge in [0.05, 0.1) is 12.2 Å². The monoisotopic (exact) mass is 288 g/mol. The first-order chi connectivity index (χ1) is 9.63. The Hall–Kier alpha value is -1.54. The van der Waals surface area contributed by atoms with Crippen molar-refractivity contribution in [3.8, 4) is 0 Å². The molecule has 0 N–H and O–H groups in total. The number of hydrogen-bond acceptors (Lipinski definition) is 2. The Morgan fingerprint density at radius 2 is 1.95 bits per heavy atom. The maximum Gasteiger partial charge on any atom is 0.0602 e. The molecule has 0 amide bonds. The lowest BCUT2D eigenvalue weighted by Crippen LogP contribution is -2.23. The van der Waals surface area contributed by atoms with Crippen LogP contribution in [0.2, 0.25) is 0 Å². The molecular formula is C17H21ClN2. The fraction of sp³-hybridized carbons (Fsp3) is 0.353. The summed E-state index contributed by atoms with van der Waals surface area (Å²) in [7, 11) is 0. The number of pyridine rings is 1. The SMILES string of the molecule is CCN(Cc1cccc(C)n1)c1ccc(C)cc1CCl. The minimum absolute atomic E-state index is 0.536. The average molecular weight is 289 g/mol. The molecule has 0 aliphatic carbocycles. The van der Waals surface area contributed by atoms with Gasteiger partial charge in [0.2, 0.25) is 0 Å². The van der Waals surface area contributed by atoms with Crippen molar-refractivity contribution in [3.63, 3.8) is 0 Å². The Bertz CT molecular complexity index is 581. The Morgan fingerprint density at radius 1 is 1.15 bits per heavy atom. The second kappa shape index (κ2) is 6.76. The number of nitrogens with zero attached hydrogens (tertiary/aromatic N) is 2. The number of rotatable bonds is 5. The van der Waals surface area contributed by atoms with E-state index in [1.807, 2.05) is 13.0 Å². The maximum absolute atomic E-state index is 6.09. The minimum atomic E-state index is 0.536. The van der Waals surface area contributed by atoms with Crippen LogP contribution >= 0.6 is 11.6 Å². The molecule has 2 aromatic rings. The van der Waals surface area contributed by atoms with E-state index in [-0.39, 0.29) is 0 Å². The highest BCUT2D eigenvalue weighted by atomic mass is 35.5. The van der Waals surface area contributed by atoms with E-state index < -0.39 is 0 Å². The van der Waals surface area contributed by atoms with E-state index >= 15 is 0 Å². The standard InChI is InChI=1S/C17H21ClN2/c1-4-20(12-16-7-5-6-14(3)19-16)17-9-8-13(2)10-15(17)11-18/h5-10H,4,11-12H2,1-3H3. The second-order valence-electron chi connectivity index (χ2n) is 5.05. The lowest BCUT2D eigenvalue weighted by Gasteiger charge is -2.25. The Labute approximate surface area is 126 Å². The molecule has 0 radical (unpaired) electrons. The second-order valence-corrected chi connectivity index (χ2v) is 5.32. The predicted molar refractivity (Wildman–Crippen MR) is 86.4 cm³/mol. The normalized spacial score (nSPS) is 10.6. The van der Waals surface area contributed by atoms with Gasteiger partial charge in [0.15, 0.2) is 0 Å². The number of aromatic nitrogens is 1. The van der Waals surface area contributed by atoms with Gasteiger partial charge in [0.25, 0.3) is 0 Å². The molecule has 0 saturated carbocycles. The summed E-state index contributed by atoms with van der Waals surface area (Å²) in [6.45, 7) is 8.02. The molecule has 1 aromatic carbocycles. The fourth-order valence-electron chi connectivity index (χ4n) is 2.38. The van der Waals surface area contributed by atoms with Crippen LogP contribution in [-0.4, -0.2) is 11.5 Å². The maximum atomic E-state index is 6.09. The number of halogens is 1.